The molecule has 0 saturated carbocycles. The van der Waals surface area contributed by atoms with Gasteiger partial charge in [-0.05, 0) is 49.3 Å². The fourth-order valence-electron chi connectivity index (χ4n) is 1.52. The molecule has 0 saturated heterocycles. The van der Waals surface area contributed by atoms with Gasteiger partial charge in [-0.25, -0.2) is 4.39 Å². The van der Waals surface area contributed by atoms with Crippen molar-refractivity contribution in [3.05, 3.63) is 29.6 Å². The van der Waals surface area contributed by atoms with E-state index in [4.69, 9.17) is 5.73 Å². The van der Waals surface area contributed by atoms with Crippen LogP contribution in [0.3, 0.4) is 0 Å². The first-order valence-electron chi connectivity index (χ1n) is 5.80. The molecule has 0 aliphatic carbocycles. The Kier molecular flexibility index (Phi) is 5.85. The summed E-state index contributed by atoms with van der Waals surface area (Å²) in [6, 6.07) is 5.08. The maximum atomic E-state index is 13.1. The second-order valence-corrected chi connectivity index (χ2v) is 5.27. The molecule has 90 valence electrons. The van der Waals surface area contributed by atoms with Crippen molar-refractivity contribution in [1.29, 1.82) is 0 Å². The molecular formula is C13H20FNS. The average Bonchev–Trinajstić information content (AvgIpc) is 2.20. The van der Waals surface area contributed by atoms with E-state index in [1.54, 1.807) is 17.8 Å². The number of thioether (sulfide) groups is 1. The highest BCUT2D eigenvalue weighted by atomic mass is 32.2. The second kappa shape index (κ2) is 6.92. The van der Waals surface area contributed by atoms with Gasteiger partial charge in [0.15, 0.2) is 0 Å². The molecule has 0 fully saturated rings. The van der Waals surface area contributed by atoms with Crippen molar-refractivity contribution in [3.8, 4) is 0 Å². The summed E-state index contributed by atoms with van der Waals surface area (Å²) in [4.78, 5) is 1.17. The maximum absolute atomic E-state index is 13.1. The molecule has 1 aromatic rings. The van der Waals surface area contributed by atoms with Crippen LogP contribution < -0.4 is 5.73 Å². The van der Waals surface area contributed by atoms with E-state index in [0.29, 0.717) is 0 Å². The van der Waals surface area contributed by atoms with E-state index in [9.17, 15) is 4.39 Å². The Morgan fingerprint density at radius 2 is 2.19 bits per heavy atom. The summed E-state index contributed by atoms with van der Waals surface area (Å²) < 4.78 is 13.1. The standard InChI is InChI=1S/C13H20FNS/c1-3-4-7-16-13-6-5-12(14)9-11(13)8-10(2)15/h5-6,9-10H,3-4,7-8,15H2,1-2H3. The number of hydrogen-bond acceptors (Lipinski definition) is 2. The summed E-state index contributed by atoms with van der Waals surface area (Å²) in [7, 11) is 0. The zero-order chi connectivity index (χ0) is 12.0. The van der Waals surface area contributed by atoms with E-state index < -0.39 is 0 Å². The predicted molar refractivity (Wildman–Crippen MR) is 69.4 cm³/mol. The SMILES string of the molecule is CCCCSc1ccc(F)cc1CC(C)N. The highest BCUT2D eigenvalue weighted by Crippen LogP contribution is 2.25. The average molecular weight is 241 g/mol. The lowest BCUT2D eigenvalue weighted by atomic mass is 10.1. The molecule has 0 heterocycles. The van der Waals surface area contributed by atoms with E-state index in [-0.39, 0.29) is 11.9 Å². The Morgan fingerprint density at radius 3 is 2.81 bits per heavy atom. The van der Waals surface area contributed by atoms with Gasteiger partial charge >= 0.3 is 0 Å². The molecule has 1 rings (SSSR count). The van der Waals surface area contributed by atoms with E-state index in [0.717, 1.165) is 17.7 Å². The van der Waals surface area contributed by atoms with Crippen molar-refractivity contribution in [2.45, 2.75) is 44.0 Å². The van der Waals surface area contributed by atoms with Crippen molar-refractivity contribution in [3.63, 3.8) is 0 Å². The minimum atomic E-state index is -0.171. The van der Waals surface area contributed by atoms with E-state index in [1.165, 1.54) is 23.8 Å². The van der Waals surface area contributed by atoms with Crippen LogP contribution in [-0.4, -0.2) is 11.8 Å². The van der Waals surface area contributed by atoms with Gasteiger partial charge in [0.05, 0.1) is 0 Å². The Labute approximate surface area is 102 Å². The topological polar surface area (TPSA) is 26.0 Å². The molecule has 0 aromatic heterocycles. The third kappa shape index (κ3) is 4.54. The van der Waals surface area contributed by atoms with Crippen molar-refractivity contribution >= 4 is 11.8 Å². The zero-order valence-electron chi connectivity index (χ0n) is 10.0. The van der Waals surface area contributed by atoms with Crippen molar-refractivity contribution in [2.24, 2.45) is 5.73 Å². The molecule has 1 nitrogen and oxygen atoms in total. The first kappa shape index (κ1) is 13.5. The van der Waals surface area contributed by atoms with Gasteiger partial charge in [0.25, 0.3) is 0 Å². The second-order valence-electron chi connectivity index (χ2n) is 4.14. The largest absolute Gasteiger partial charge is 0.328 e. The van der Waals surface area contributed by atoms with Crippen molar-refractivity contribution < 1.29 is 4.39 Å². The van der Waals surface area contributed by atoms with Crippen molar-refractivity contribution in [2.75, 3.05) is 5.75 Å². The molecule has 0 amide bonds. The third-order valence-corrected chi connectivity index (χ3v) is 3.52. The molecule has 1 atom stereocenters. The number of hydrogen-bond donors (Lipinski definition) is 1. The van der Waals surface area contributed by atoms with Crippen LogP contribution in [0.25, 0.3) is 0 Å². The van der Waals surface area contributed by atoms with Gasteiger partial charge in [-0.15, -0.1) is 11.8 Å². The van der Waals surface area contributed by atoms with Gasteiger partial charge < -0.3 is 5.73 Å². The summed E-state index contributed by atoms with van der Waals surface area (Å²) in [5.41, 5.74) is 6.80. The fourth-order valence-corrected chi connectivity index (χ4v) is 2.67. The van der Waals surface area contributed by atoms with Gasteiger partial charge in [0, 0.05) is 10.9 Å². The normalized spacial score (nSPS) is 12.8. The molecule has 2 N–H and O–H groups in total. The molecule has 3 heteroatoms. The first-order chi connectivity index (χ1) is 7.63. The maximum Gasteiger partial charge on any atom is 0.123 e. The summed E-state index contributed by atoms with van der Waals surface area (Å²) in [6.45, 7) is 4.12. The smallest absolute Gasteiger partial charge is 0.123 e. The Hall–Kier alpha value is -0.540. The molecule has 0 bridgehead atoms. The zero-order valence-corrected chi connectivity index (χ0v) is 10.8. The lowest BCUT2D eigenvalue weighted by Crippen LogP contribution is -2.18. The molecule has 1 aromatic carbocycles. The van der Waals surface area contributed by atoms with Gasteiger partial charge in [0.1, 0.15) is 5.82 Å². The minimum absolute atomic E-state index is 0.0762. The number of unbranched alkanes of at least 4 members (excludes halogenated alkanes) is 1. The molecule has 16 heavy (non-hydrogen) atoms. The lowest BCUT2D eigenvalue weighted by Gasteiger charge is -2.11. The number of nitrogens with two attached hydrogens (primary N) is 1. The van der Waals surface area contributed by atoms with Crippen LogP contribution in [0.5, 0.6) is 0 Å². The van der Waals surface area contributed by atoms with Crippen LogP contribution in [0.2, 0.25) is 0 Å². The lowest BCUT2D eigenvalue weighted by molar-refractivity contribution is 0.620. The summed E-state index contributed by atoms with van der Waals surface area (Å²) in [6.07, 6.45) is 3.13. The first-order valence-corrected chi connectivity index (χ1v) is 6.79. The molecule has 1 unspecified atom stereocenters. The number of benzene rings is 1. The van der Waals surface area contributed by atoms with Gasteiger partial charge in [0.2, 0.25) is 0 Å². The molecular weight excluding hydrogens is 221 g/mol. The van der Waals surface area contributed by atoms with Gasteiger partial charge in [-0.3, -0.25) is 0 Å². The Morgan fingerprint density at radius 1 is 1.44 bits per heavy atom. The Balaban J connectivity index is 2.72. The minimum Gasteiger partial charge on any atom is -0.328 e. The predicted octanol–water partition coefficient (Wildman–Crippen LogP) is 3.61. The van der Waals surface area contributed by atoms with Crippen LogP contribution in [0.1, 0.15) is 32.3 Å². The summed E-state index contributed by atoms with van der Waals surface area (Å²) in [5, 5.41) is 0. The molecule has 0 radical (unpaired) electrons. The van der Waals surface area contributed by atoms with Crippen molar-refractivity contribution in [1.82, 2.24) is 0 Å². The van der Waals surface area contributed by atoms with Crippen LogP contribution in [-0.2, 0) is 6.42 Å². The van der Waals surface area contributed by atoms with E-state index in [2.05, 4.69) is 6.92 Å². The van der Waals surface area contributed by atoms with Gasteiger partial charge in [-0.1, -0.05) is 13.3 Å². The van der Waals surface area contributed by atoms with Crippen LogP contribution in [0.4, 0.5) is 4.39 Å². The highest BCUT2D eigenvalue weighted by molar-refractivity contribution is 7.99. The number of rotatable bonds is 6. The third-order valence-electron chi connectivity index (χ3n) is 2.32. The van der Waals surface area contributed by atoms with Gasteiger partial charge in [-0.2, -0.15) is 0 Å². The van der Waals surface area contributed by atoms with E-state index in [1.807, 2.05) is 13.0 Å². The molecule has 0 spiro atoms. The van der Waals surface area contributed by atoms with Crippen LogP contribution in [0.15, 0.2) is 23.1 Å². The Bertz CT molecular complexity index is 326. The highest BCUT2D eigenvalue weighted by Gasteiger charge is 2.06. The van der Waals surface area contributed by atoms with E-state index >= 15 is 0 Å². The fraction of sp³-hybridized carbons (Fsp3) is 0.538. The molecule has 0 aliphatic rings. The summed E-state index contributed by atoms with van der Waals surface area (Å²) in [5.74, 6) is 0.921. The summed E-state index contributed by atoms with van der Waals surface area (Å²) >= 11 is 1.80. The quantitative estimate of drug-likeness (QED) is 0.608. The number of halogens is 1. The monoisotopic (exact) mass is 241 g/mol. The van der Waals surface area contributed by atoms with Crippen LogP contribution >= 0.6 is 11.8 Å². The van der Waals surface area contributed by atoms with Crippen LogP contribution in [0, 0.1) is 5.82 Å². The molecule has 0 aliphatic heterocycles.